The van der Waals surface area contributed by atoms with Crippen LogP contribution in [0.15, 0.2) is 78.9 Å². The maximum absolute atomic E-state index is 14.7. The van der Waals surface area contributed by atoms with Crippen molar-refractivity contribution in [2.24, 2.45) is 5.73 Å². The lowest BCUT2D eigenvalue weighted by Crippen LogP contribution is -2.11. The molecule has 0 aliphatic rings. The Labute approximate surface area is 195 Å². The van der Waals surface area contributed by atoms with E-state index in [9.17, 15) is 9.18 Å². The van der Waals surface area contributed by atoms with Crippen LogP contribution in [0.25, 0.3) is 32.9 Å². The summed E-state index contributed by atoms with van der Waals surface area (Å²) in [5.74, 6) is -0.119. The summed E-state index contributed by atoms with van der Waals surface area (Å²) >= 11 is 6.35. The zero-order valence-electron chi connectivity index (χ0n) is 17.8. The molecule has 5 aromatic rings. The first kappa shape index (κ1) is 21.0. The van der Waals surface area contributed by atoms with E-state index in [-0.39, 0.29) is 12.4 Å². The van der Waals surface area contributed by atoms with Crippen LogP contribution in [0, 0.1) is 5.82 Å². The number of ether oxygens (including phenoxy) is 1. The van der Waals surface area contributed by atoms with Gasteiger partial charge in [-0.3, -0.25) is 4.79 Å². The first-order valence-corrected chi connectivity index (χ1v) is 10.8. The van der Waals surface area contributed by atoms with Crippen LogP contribution in [-0.4, -0.2) is 17.6 Å². The molecule has 164 valence electrons. The van der Waals surface area contributed by atoms with Crippen LogP contribution in [-0.2, 0) is 6.54 Å². The standard InChI is InChI=1S/C27H20ClFN2O2/c1-33-18-11-8-16(9-12-18)17-10-13-19-25(14-17)31(15-21-22(28)5-3-6-23(21)29)24-7-2-4-20(26(19)24)27(30)32/h2-14H,15H2,1H3,(H2,30,32). The molecule has 33 heavy (non-hydrogen) atoms. The molecule has 0 fully saturated rings. The number of fused-ring (bicyclic) bond motifs is 3. The van der Waals surface area contributed by atoms with Gasteiger partial charge in [-0.1, -0.05) is 48.0 Å². The Morgan fingerprint density at radius 1 is 0.970 bits per heavy atom. The number of primary amides is 1. The average molecular weight is 459 g/mol. The van der Waals surface area contributed by atoms with Crippen LogP contribution in [0.3, 0.4) is 0 Å². The monoisotopic (exact) mass is 458 g/mol. The zero-order valence-corrected chi connectivity index (χ0v) is 18.6. The Kier molecular flexibility index (Phi) is 5.27. The minimum absolute atomic E-state index is 0.208. The first-order chi connectivity index (χ1) is 16.0. The molecule has 1 heterocycles. The largest absolute Gasteiger partial charge is 0.497 e. The fraction of sp³-hybridized carbons (Fsp3) is 0.0741. The number of halogens is 2. The van der Waals surface area contributed by atoms with E-state index in [0.29, 0.717) is 16.1 Å². The molecule has 4 nitrogen and oxygen atoms in total. The number of amides is 1. The number of nitrogens with zero attached hydrogens (tertiary/aromatic N) is 1. The molecule has 0 aliphatic heterocycles. The molecule has 0 saturated carbocycles. The van der Waals surface area contributed by atoms with Crippen molar-refractivity contribution in [2.75, 3.05) is 7.11 Å². The lowest BCUT2D eigenvalue weighted by molar-refractivity contribution is 0.100. The quantitative estimate of drug-likeness (QED) is 0.331. The van der Waals surface area contributed by atoms with E-state index in [1.807, 2.05) is 53.1 Å². The summed E-state index contributed by atoms with van der Waals surface area (Å²) in [6, 6.07) is 23.8. The van der Waals surface area contributed by atoms with Crippen LogP contribution >= 0.6 is 11.6 Å². The molecule has 6 heteroatoms. The maximum Gasteiger partial charge on any atom is 0.249 e. The van der Waals surface area contributed by atoms with Gasteiger partial charge < -0.3 is 15.0 Å². The van der Waals surface area contributed by atoms with E-state index >= 15 is 0 Å². The number of hydrogen-bond donors (Lipinski definition) is 1. The third-order valence-corrected chi connectivity index (χ3v) is 6.31. The number of nitrogens with two attached hydrogens (primary N) is 1. The van der Waals surface area contributed by atoms with Gasteiger partial charge in [0.2, 0.25) is 5.91 Å². The topological polar surface area (TPSA) is 57.2 Å². The second-order valence-electron chi connectivity index (χ2n) is 7.81. The van der Waals surface area contributed by atoms with Gasteiger partial charge in [0, 0.05) is 26.9 Å². The highest BCUT2D eigenvalue weighted by atomic mass is 35.5. The molecule has 0 saturated heterocycles. The minimum atomic E-state index is -0.511. The van der Waals surface area contributed by atoms with Gasteiger partial charge in [0.15, 0.2) is 0 Å². The fourth-order valence-electron chi connectivity index (χ4n) is 4.32. The molecule has 4 aromatic carbocycles. The van der Waals surface area contributed by atoms with E-state index in [4.69, 9.17) is 22.1 Å². The fourth-order valence-corrected chi connectivity index (χ4v) is 4.55. The van der Waals surface area contributed by atoms with E-state index in [0.717, 1.165) is 38.7 Å². The molecule has 0 radical (unpaired) electrons. The number of aromatic nitrogens is 1. The van der Waals surface area contributed by atoms with E-state index in [2.05, 4.69) is 0 Å². The molecule has 2 N–H and O–H groups in total. The summed E-state index contributed by atoms with van der Waals surface area (Å²) in [5.41, 5.74) is 10.1. The number of benzene rings is 4. The second kappa shape index (κ2) is 8.26. The van der Waals surface area contributed by atoms with Gasteiger partial charge in [0.25, 0.3) is 0 Å². The number of carbonyl (C=O) groups is 1. The van der Waals surface area contributed by atoms with Gasteiger partial charge in [-0.15, -0.1) is 0 Å². The van der Waals surface area contributed by atoms with Crippen molar-refractivity contribution in [3.63, 3.8) is 0 Å². The average Bonchev–Trinajstić information content (AvgIpc) is 3.14. The van der Waals surface area contributed by atoms with Crippen molar-refractivity contribution < 1.29 is 13.9 Å². The zero-order chi connectivity index (χ0) is 23.1. The Bertz CT molecular complexity index is 1500. The van der Waals surface area contributed by atoms with Gasteiger partial charge in [-0.25, -0.2) is 4.39 Å². The van der Waals surface area contributed by atoms with Gasteiger partial charge in [-0.05, 0) is 53.6 Å². The summed E-state index contributed by atoms with van der Waals surface area (Å²) < 4.78 is 21.9. The normalized spacial score (nSPS) is 11.2. The Morgan fingerprint density at radius 2 is 1.70 bits per heavy atom. The number of carbonyl (C=O) groups excluding carboxylic acids is 1. The van der Waals surface area contributed by atoms with Gasteiger partial charge in [0.1, 0.15) is 11.6 Å². The van der Waals surface area contributed by atoms with Crippen LogP contribution in [0.5, 0.6) is 5.75 Å². The minimum Gasteiger partial charge on any atom is -0.497 e. The van der Waals surface area contributed by atoms with Crippen LogP contribution < -0.4 is 10.5 Å². The number of hydrogen-bond acceptors (Lipinski definition) is 2. The molecule has 5 rings (SSSR count). The van der Waals surface area contributed by atoms with Crippen LogP contribution in [0.2, 0.25) is 5.02 Å². The molecular weight excluding hydrogens is 439 g/mol. The molecule has 1 amide bonds. The lowest BCUT2D eigenvalue weighted by Gasteiger charge is -2.11. The van der Waals surface area contributed by atoms with Crippen molar-refractivity contribution in [3.8, 4) is 16.9 Å². The van der Waals surface area contributed by atoms with Gasteiger partial charge in [-0.2, -0.15) is 0 Å². The highest BCUT2D eigenvalue weighted by Gasteiger charge is 2.19. The Hall–Kier alpha value is -3.83. The highest BCUT2D eigenvalue weighted by Crippen LogP contribution is 2.36. The molecule has 0 unspecified atom stereocenters. The molecular formula is C27H20ClFN2O2. The van der Waals surface area contributed by atoms with Crippen molar-refractivity contribution in [1.29, 1.82) is 0 Å². The van der Waals surface area contributed by atoms with E-state index in [1.165, 1.54) is 6.07 Å². The maximum atomic E-state index is 14.7. The summed E-state index contributed by atoms with van der Waals surface area (Å²) in [7, 11) is 1.63. The first-order valence-electron chi connectivity index (χ1n) is 10.4. The highest BCUT2D eigenvalue weighted by molar-refractivity contribution is 6.31. The summed E-state index contributed by atoms with van der Waals surface area (Å²) in [5, 5.41) is 1.96. The van der Waals surface area contributed by atoms with Crippen molar-refractivity contribution >= 4 is 39.3 Å². The van der Waals surface area contributed by atoms with Crippen LogP contribution in [0.1, 0.15) is 15.9 Å². The summed E-state index contributed by atoms with van der Waals surface area (Å²) in [6.45, 7) is 0.208. The van der Waals surface area contributed by atoms with Crippen molar-refractivity contribution in [1.82, 2.24) is 4.57 Å². The third-order valence-electron chi connectivity index (χ3n) is 5.96. The molecule has 1 aromatic heterocycles. The molecule has 0 aliphatic carbocycles. The van der Waals surface area contributed by atoms with Crippen molar-refractivity contribution in [3.05, 3.63) is 101 Å². The predicted octanol–water partition coefficient (Wildman–Crippen LogP) is 6.41. The van der Waals surface area contributed by atoms with Crippen molar-refractivity contribution in [2.45, 2.75) is 6.54 Å². The molecule has 0 bridgehead atoms. The molecule has 0 spiro atoms. The lowest BCUT2D eigenvalue weighted by atomic mass is 10.0. The predicted molar refractivity (Wildman–Crippen MR) is 130 cm³/mol. The smallest absolute Gasteiger partial charge is 0.249 e. The van der Waals surface area contributed by atoms with Crippen LogP contribution in [0.4, 0.5) is 4.39 Å². The summed E-state index contributed by atoms with van der Waals surface area (Å²) in [6.07, 6.45) is 0. The Morgan fingerprint density at radius 3 is 2.39 bits per heavy atom. The van der Waals surface area contributed by atoms with Gasteiger partial charge >= 0.3 is 0 Å². The van der Waals surface area contributed by atoms with E-state index in [1.54, 1.807) is 31.4 Å². The van der Waals surface area contributed by atoms with Gasteiger partial charge in [0.05, 0.1) is 24.7 Å². The number of rotatable bonds is 5. The Balaban J connectivity index is 1.79. The molecule has 0 atom stereocenters. The van der Waals surface area contributed by atoms with E-state index < -0.39 is 5.91 Å². The SMILES string of the molecule is COc1ccc(-c2ccc3c4c(C(N)=O)cccc4n(Cc4c(F)cccc4Cl)c3c2)cc1. The third kappa shape index (κ3) is 3.60. The second-order valence-corrected chi connectivity index (χ2v) is 8.22. The number of methoxy groups -OCH3 is 1. The summed E-state index contributed by atoms with van der Waals surface area (Å²) in [4.78, 5) is 12.2.